The quantitative estimate of drug-likeness (QED) is 0.284. The molecule has 144 valence electrons. The molecule has 0 unspecified atom stereocenters. The van der Waals surface area contributed by atoms with Crippen LogP contribution in [0.5, 0.6) is 0 Å². The van der Waals surface area contributed by atoms with Gasteiger partial charge >= 0.3 is 11.9 Å². The van der Waals surface area contributed by atoms with Crippen LogP contribution in [0.3, 0.4) is 0 Å². The van der Waals surface area contributed by atoms with Crippen molar-refractivity contribution in [2.24, 2.45) is 0 Å². The second-order valence-electron chi connectivity index (χ2n) is 7.69. The predicted molar refractivity (Wildman–Crippen MR) is 91.9 cm³/mol. The summed E-state index contributed by atoms with van der Waals surface area (Å²) < 4.78 is 24.2. The van der Waals surface area contributed by atoms with Crippen LogP contribution >= 0.6 is 0 Å². The Morgan fingerprint density at radius 2 is 1.50 bits per heavy atom. The molecule has 0 saturated carbocycles. The van der Waals surface area contributed by atoms with Gasteiger partial charge in [0.1, 0.15) is 22.7 Å². The third-order valence-corrected chi connectivity index (χ3v) is 2.91. The van der Waals surface area contributed by atoms with Crippen molar-refractivity contribution >= 4 is 23.3 Å². The summed E-state index contributed by atoms with van der Waals surface area (Å²) >= 11 is 0. The fourth-order valence-electron chi connectivity index (χ4n) is 2.14. The standard InChI is InChI=1S/C17H23FN2O6/c1-16(2,3)25-14(21)12(15(22)26-17(4,5)6)10-7-9(18)8-11(19)13(10)20(23)24/h7-8,12H,19H2,1-6H3. The molecule has 0 aliphatic heterocycles. The van der Waals surface area contributed by atoms with Crippen molar-refractivity contribution in [1.29, 1.82) is 0 Å². The molecule has 0 heterocycles. The van der Waals surface area contributed by atoms with Gasteiger partial charge in [-0.3, -0.25) is 19.7 Å². The number of nitro benzene ring substituents is 1. The van der Waals surface area contributed by atoms with Crippen LogP contribution in [-0.2, 0) is 19.1 Å². The minimum atomic E-state index is -1.85. The maximum atomic E-state index is 13.8. The molecule has 0 spiro atoms. The molecule has 0 amide bonds. The van der Waals surface area contributed by atoms with E-state index < -0.39 is 56.7 Å². The van der Waals surface area contributed by atoms with Gasteiger partial charge in [0.05, 0.1) is 10.5 Å². The van der Waals surface area contributed by atoms with E-state index in [1.165, 1.54) is 0 Å². The number of nitrogens with two attached hydrogens (primary N) is 1. The Morgan fingerprint density at radius 1 is 1.08 bits per heavy atom. The van der Waals surface area contributed by atoms with Crippen molar-refractivity contribution in [1.82, 2.24) is 0 Å². The smallest absolute Gasteiger partial charge is 0.325 e. The maximum Gasteiger partial charge on any atom is 0.325 e. The summed E-state index contributed by atoms with van der Waals surface area (Å²) in [6, 6.07) is 1.45. The van der Waals surface area contributed by atoms with E-state index in [1.54, 1.807) is 41.5 Å². The summed E-state index contributed by atoms with van der Waals surface area (Å²) in [5.41, 5.74) is 1.80. The van der Waals surface area contributed by atoms with E-state index in [0.717, 1.165) is 6.07 Å². The van der Waals surface area contributed by atoms with E-state index >= 15 is 0 Å². The summed E-state index contributed by atoms with van der Waals surface area (Å²) in [6.45, 7) is 9.37. The van der Waals surface area contributed by atoms with Crippen molar-refractivity contribution in [3.05, 3.63) is 33.6 Å². The summed E-state index contributed by atoms with van der Waals surface area (Å²) in [7, 11) is 0. The molecule has 1 aromatic carbocycles. The van der Waals surface area contributed by atoms with Crippen LogP contribution in [0.15, 0.2) is 12.1 Å². The number of hydrogen-bond donors (Lipinski definition) is 1. The Bertz CT molecular complexity index is 706. The van der Waals surface area contributed by atoms with E-state index in [2.05, 4.69) is 0 Å². The first-order chi connectivity index (χ1) is 11.6. The molecule has 1 aromatic rings. The van der Waals surface area contributed by atoms with Gasteiger partial charge in [-0.25, -0.2) is 4.39 Å². The molecule has 26 heavy (non-hydrogen) atoms. The number of nitrogens with zero attached hydrogens (tertiary/aromatic N) is 1. The first-order valence-corrected chi connectivity index (χ1v) is 7.81. The Balaban J connectivity index is 3.58. The van der Waals surface area contributed by atoms with E-state index in [4.69, 9.17) is 15.2 Å². The number of esters is 2. The SMILES string of the molecule is CC(C)(C)OC(=O)C(C(=O)OC(C)(C)C)c1cc(F)cc(N)c1[N+](=O)[O-]. The second-order valence-corrected chi connectivity index (χ2v) is 7.69. The van der Waals surface area contributed by atoms with E-state index in [-0.39, 0.29) is 0 Å². The van der Waals surface area contributed by atoms with Gasteiger partial charge in [0.15, 0.2) is 5.92 Å². The first kappa shape index (κ1) is 21.3. The largest absolute Gasteiger partial charge is 0.459 e. The molecule has 0 aliphatic rings. The van der Waals surface area contributed by atoms with E-state index in [1.807, 2.05) is 0 Å². The number of nitro groups is 1. The average Bonchev–Trinajstić information content (AvgIpc) is 2.32. The zero-order valence-electron chi connectivity index (χ0n) is 15.6. The van der Waals surface area contributed by atoms with Gasteiger partial charge < -0.3 is 15.2 Å². The van der Waals surface area contributed by atoms with Crippen LogP contribution in [0.25, 0.3) is 0 Å². The second kappa shape index (κ2) is 7.27. The molecule has 0 bridgehead atoms. The van der Waals surface area contributed by atoms with Gasteiger partial charge in [-0.05, 0) is 47.6 Å². The minimum Gasteiger partial charge on any atom is -0.459 e. The Hall–Kier alpha value is -2.71. The Morgan fingerprint density at radius 3 is 1.85 bits per heavy atom. The van der Waals surface area contributed by atoms with Crippen molar-refractivity contribution in [2.45, 2.75) is 58.7 Å². The Labute approximate surface area is 150 Å². The minimum absolute atomic E-state index is 0.512. The van der Waals surface area contributed by atoms with E-state index in [0.29, 0.717) is 6.07 Å². The number of ether oxygens (including phenoxy) is 2. The lowest BCUT2D eigenvalue weighted by molar-refractivity contribution is -0.384. The number of anilines is 1. The highest BCUT2D eigenvalue weighted by Gasteiger charge is 2.41. The van der Waals surface area contributed by atoms with Crippen LogP contribution in [0, 0.1) is 15.9 Å². The van der Waals surface area contributed by atoms with Gasteiger partial charge in [0.2, 0.25) is 0 Å². The zero-order valence-corrected chi connectivity index (χ0v) is 15.6. The number of rotatable bonds is 4. The topological polar surface area (TPSA) is 122 Å². The molecule has 0 fully saturated rings. The zero-order chi connectivity index (χ0) is 20.4. The highest BCUT2D eigenvalue weighted by molar-refractivity contribution is 6.02. The number of carbonyl (C=O) groups excluding carboxylic acids is 2. The number of carbonyl (C=O) groups is 2. The monoisotopic (exact) mass is 370 g/mol. The van der Waals surface area contributed by atoms with Gasteiger partial charge in [0, 0.05) is 6.07 Å². The van der Waals surface area contributed by atoms with Crippen LogP contribution < -0.4 is 5.73 Å². The van der Waals surface area contributed by atoms with Crippen molar-refractivity contribution < 1.29 is 28.4 Å². The molecule has 0 aliphatic carbocycles. The maximum absolute atomic E-state index is 13.8. The molecule has 9 heteroatoms. The highest BCUT2D eigenvalue weighted by Crippen LogP contribution is 2.36. The number of nitrogen functional groups attached to an aromatic ring is 1. The third kappa shape index (κ3) is 5.68. The third-order valence-electron chi connectivity index (χ3n) is 2.91. The number of benzene rings is 1. The summed E-state index contributed by atoms with van der Waals surface area (Å²) in [6.07, 6.45) is 0. The van der Waals surface area contributed by atoms with Gasteiger partial charge in [-0.2, -0.15) is 0 Å². The summed E-state index contributed by atoms with van der Waals surface area (Å²) in [5, 5.41) is 11.4. The lowest BCUT2D eigenvalue weighted by Crippen LogP contribution is -2.36. The van der Waals surface area contributed by atoms with Crippen LogP contribution in [0.2, 0.25) is 0 Å². The van der Waals surface area contributed by atoms with Gasteiger partial charge in [-0.15, -0.1) is 0 Å². The summed E-state index contributed by atoms with van der Waals surface area (Å²) in [5.74, 6) is -4.98. The van der Waals surface area contributed by atoms with Gasteiger partial charge in [0.25, 0.3) is 5.69 Å². The van der Waals surface area contributed by atoms with Crippen molar-refractivity contribution in [3.63, 3.8) is 0 Å². The molecular weight excluding hydrogens is 347 g/mol. The van der Waals surface area contributed by atoms with Gasteiger partial charge in [-0.1, -0.05) is 0 Å². The first-order valence-electron chi connectivity index (χ1n) is 7.81. The Kier molecular flexibility index (Phi) is 5.96. The fraction of sp³-hybridized carbons (Fsp3) is 0.529. The molecular formula is C17H23FN2O6. The van der Waals surface area contributed by atoms with Crippen molar-refractivity contribution in [3.8, 4) is 0 Å². The molecule has 0 atom stereocenters. The average molecular weight is 370 g/mol. The molecule has 0 saturated heterocycles. The summed E-state index contributed by atoms with van der Waals surface area (Å²) in [4.78, 5) is 35.6. The number of hydrogen-bond acceptors (Lipinski definition) is 7. The van der Waals surface area contributed by atoms with Crippen LogP contribution in [0.4, 0.5) is 15.8 Å². The number of halogens is 1. The normalized spacial score (nSPS) is 12.0. The molecule has 8 nitrogen and oxygen atoms in total. The molecule has 2 N–H and O–H groups in total. The molecule has 0 radical (unpaired) electrons. The van der Waals surface area contributed by atoms with Crippen LogP contribution in [-0.4, -0.2) is 28.1 Å². The lowest BCUT2D eigenvalue weighted by Gasteiger charge is -2.26. The lowest BCUT2D eigenvalue weighted by atomic mass is 9.95. The van der Waals surface area contributed by atoms with Crippen LogP contribution in [0.1, 0.15) is 53.0 Å². The molecule has 0 aromatic heterocycles. The highest BCUT2D eigenvalue weighted by atomic mass is 19.1. The van der Waals surface area contributed by atoms with E-state index in [9.17, 15) is 24.1 Å². The fourth-order valence-corrected chi connectivity index (χ4v) is 2.14. The molecule has 1 rings (SSSR count). The predicted octanol–water partition coefficient (Wildman–Crippen LogP) is 3.08. The van der Waals surface area contributed by atoms with Crippen molar-refractivity contribution in [2.75, 3.05) is 5.73 Å².